The molecule has 2 rings (SSSR count). The maximum absolute atomic E-state index is 12.4. The van der Waals surface area contributed by atoms with E-state index in [0.29, 0.717) is 5.69 Å². The first-order valence-corrected chi connectivity index (χ1v) is 8.07. The topological polar surface area (TPSA) is 49.4 Å². The van der Waals surface area contributed by atoms with Gasteiger partial charge in [-0.2, -0.15) is 0 Å². The molecule has 1 N–H and O–H groups in total. The summed E-state index contributed by atoms with van der Waals surface area (Å²) in [5.41, 5.74) is 3.48. The van der Waals surface area contributed by atoms with Gasteiger partial charge in [-0.15, -0.1) is 0 Å². The van der Waals surface area contributed by atoms with Crippen molar-refractivity contribution in [3.05, 3.63) is 58.1 Å². The van der Waals surface area contributed by atoms with Gasteiger partial charge in [0, 0.05) is 22.8 Å². The number of anilines is 2. The number of halogens is 1. The van der Waals surface area contributed by atoms with Gasteiger partial charge in [0.05, 0.1) is 0 Å². The highest BCUT2D eigenvalue weighted by Crippen LogP contribution is 2.22. The highest BCUT2D eigenvalue weighted by molar-refractivity contribution is 9.10. The van der Waals surface area contributed by atoms with Crippen LogP contribution in [0.1, 0.15) is 18.1 Å². The van der Waals surface area contributed by atoms with Crippen LogP contribution in [0.25, 0.3) is 0 Å². The van der Waals surface area contributed by atoms with E-state index in [-0.39, 0.29) is 18.4 Å². The van der Waals surface area contributed by atoms with E-state index in [1.165, 1.54) is 11.8 Å². The van der Waals surface area contributed by atoms with Crippen molar-refractivity contribution in [3.63, 3.8) is 0 Å². The second-order valence-corrected chi connectivity index (χ2v) is 6.32. The Bertz CT molecular complexity index is 723. The highest BCUT2D eigenvalue weighted by atomic mass is 79.9. The molecule has 2 aromatic carbocycles. The lowest BCUT2D eigenvalue weighted by atomic mass is 10.1. The fourth-order valence-electron chi connectivity index (χ4n) is 2.36. The van der Waals surface area contributed by atoms with Crippen LogP contribution in [0.4, 0.5) is 11.4 Å². The molecule has 120 valence electrons. The van der Waals surface area contributed by atoms with E-state index in [2.05, 4.69) is 21.2 Å². The lowest BCUT2D eigenvalue weighted by molar-refractivity contribution is -0.120. The molecule has 0 bridgehead atoms. The molecule has 0 aliphatic rings. The number of carbonyl (C=O) groups is 2. The van der Waals surface area contributed by atoms with Crippen molar-refractivity contribution in [1.82, 2.24) is 0 Å². The standard InChI is InChI=1S/C18H19BrN2O2/c1-12-6-4-7-13(2)18(12)20-17(23)11-21(14(3)22)16-9-5-8-15(19)10-16/h4-10H,11H2,1-3H3,(H,20,23). The monoisotopic (exact) mass is 374 g/mol. The average molecular weight is 375 g/mol. The third-order valence-corrected chi connectivity index (χ3v) is 4.04. The summed E-state index contributed by atoms with van der Waals surface area (Å²) in [7, 11) is 0. The molecule has 2 aromatic rings. The van der Waals surface area contributed by atoms with Crippen LogP contribution in [-0.2, 0) is 9.59 Å². The molecule has 4 nitrogen and oxygen atoms in total. The molecular weight excluding hydrogens is 356 g/mol. The van der Waals surface area contributed by atoms with Gasteiger partial charge in [-0.1, -0.05) is 40.2 Å². The van der Waals surface area contributed by atoms with Gasteiger partial charge in [-0.25, -0.2) is 0 Å². The zero-order valence-corrected chi connectivity index (χ0v) is 15.0. The molecule has 0 heterocycles. The number of nitrogens with zero attached hydrogens (tertiary/aromatic N) is 1. The minimum Gasteiger partial charge on any atom is -0.324 e. The van der Waals surface area contributed by atoms with Crippen LogP contribution < -0.4 is 10.2 Å². The number of aryl methyl sites for hydroxylation is 2. The second-order valence-electron chi connectivity index (χ2n) is 5.40. The number of hydrogen-bond donors (Lipinski definition) is 1. The maximum Gasteiger partial charge on any atom is 0.244 e. The predicted molar refractivity (Wildman–Crippen MR) is 96.7 cm³/mol. The summed E-state index contributed by atoms with van der Waals surface area (Å²) in [5, 5.41) is 2.90. The summed E-state index contributed by atoms with van der Waals surface area (Å²) in [4.78, 5) is 25.7. The van der Waals surface area contributed by atoms with Crippen LogP contribution in [0.5, 0.6) is 0 Å². The number of para-hydroxylation sites is 1. The molecule has 0 atom stereocenters. The van der Waals surface area contributed by atoms with Gasteiger partial charge < -0.3 is 10.2 Å². The summed E-state index contributed by atoms with van der Waals surface area (Å²) in [6.45, 7) is 5.31. The molecular formula is C18H19BrN2O2. The van der Waals surface area contributed by atoms with Crippen molar-refractivity contribution < 1.29 is 9.59 Å². The quantitative estimate of drug-likeness (QED) is 0.876. The number of hydrogen-bond acceptors (Lipinski definition) is 2. The molecule has 5 heteroatoms. The van der Waals surface area contributed by atoms with Gasteiger partial charge >= 0.3 is 0 Å². The van der Waals surface area contributed by atoms with Crippen molar-refractivity contribution in [2.24, 2.45) is 0 Å². The first-order valence-electron chi connectivity index (χ1n) is 7.28. The van der Waals surface area contributed by atoms with Crippen molar-refractivity contribution >= 4 is 39.1 Å². The van der Waals surface area contributed by atoms with Gasteiger partial charge in [0.25, 0.3) is 0 Å². The Morgan fingerprint density at radius 3 is 2.26 bits per heavy atom. The Kier molecular flexibility index (Phi) is 5.55. The molecule has 23 heavy (non-hydrogen) atoms. The minimum absolute atomic E-state index is 0.0282. The third kappa shape index (κ3) is 4.42. The first-order chi connectivity index (χ1) is 10.9. The fraction of sp³-hybridized carbons (Fsp3) is 0.222. The molecule has 0 saturated heterocycles. The normalized spacial score (nSPS) is 10.3. The molecule has 0 saturated carbocycles. The van der Waals surface area contributed by atoms with E-state index in [0.717, 1.165) is 21.3 Å². The predicted octanol–water partition coefficient (Wildman–Crippen LogP) is 4.06. The number of rotatable bonds is 4. The lowest BCUT2D eigenvalue weighted by Gasteiger charge is -2.21. The molecule has 2 amide bonds. The number of amides is 2. The van der Waals surface area contributed by atoms with Crippen LogP contribution in [0.3, 0.4) is 0 Å². The molecule has 0 spiro atoms. The molecule has 0 aliphatic carbocycles. The fourth-order valence-corrected chi connectivity index (χ4v) is 2.75. The van der Waals surface area contributed by atoms with Crippen molar-refractivity contribution in [3.8, 4) is 0 Å². The van der Waals surface area contributed by atoms with E-state index >= 15 is 0 Å². The number of benzene rings is 2. The van der Waals surface area contributed by atoms with Crippen LogP contribution in [0, 0.1) is 13.8 Å². The lowest BCUT2D eigenvalue weighted by Crippen LogP contribution is -2.36. The van der Waals surface area contributed by atoms with Gasteiger partial charge in [-0.05, 0) is 43.2 Å². The molecule has 0 aromatic heterocycles. The zero-order valence-electron chi connectivity index (χ0n) is 13.4. The maximum atomic E-state index is 12.4. The Morgan fingerprint density at radius 2 is 1.70 bits per heavy atom. The molecule has 0 radical (unpaired) electrons. The van der Waals surface area contributed by atoms with E-state index < -0.39 is 0 Å². The van der Waals surface area contributed by atoms with Crippen LogP contribution in [0.2, 0.25) is 0 Å². The Morgan fingerprint density at radius 1 is 1.09 bits per heavy atom. The number of carbonyl (C=O) groups excluding carboxylic acids is 2. The zero-order chi connectivity index (χ0) is 17.0. The molecule has 0 aliphatic heterocycles. The summed E-state index contributed by atoms with van der Waals surface area (Å²) in [5.74, 6) is -0.405. The Balaban J connectivity index is 2.18. The third-order valence-electron chi connectivity index (χ3n) is 3.55. The Hall–Kier alpha value is -2.14. The van der Waals surface area contributed by atoms with E-state index in [9.17, 15) is 9.59 Å². The average Bonchev–Trinajstić information content (AvgIpc) is 2.48. The van der Waals surface area contributed by atoms with Crippen molar-refractivity contribution in [1.29, 1.82) is 0 Å². The van der Waals surface area contributed by atoms with Crippen LogP contribution in [0.15, 0.2) is 46.9 Å². The smallest absolute Gasteiger partial charge is 0.244 e. The first kappa shape index (κ1) is 17.2. The summed E-state index contributed by atoms with van der Waals surface area (Å²) in [6.07, 6.45) is 0. The van der Waals surface area contributed by atoms with E-state index in [1.54, 1.807) is 6.07 Å². The van der Waals surface area contributed by atoms with Crippen molar-refractivity contribution in [2.45, 2.75) is 20.8 Å². The second kappa shape index (κ2) is 7.42. The van der Waals surface area contributed by atoms with E-state index in [1.807, 2.05) is 50.2 Å². The summed E-state index contributed by atoms with van der Waals surface area (Å²) < 4.78 is 0.858. The van der Waals surface area contributed by atoms with Gasteiger partial charge in [0.1, 0.15) is 6.54 Å². The molecule has 0 fully saturated rings. The SMILES string of the molecule is CC(=O)N(CC(=O)Nc1c(C)cccc1C)c1cccc(Br)c1. The minimum atomic E-state index is -0.224. The van der Waals surface area contributed by atoms with E-state index in [4.69, 9.17) is 0 Å². The highest BCUT2D eigenvalue weighted by Gasteiger charge is 2.17. The number of nitrogens with one attached hydrogen (secondary N) is 1. The Labute approximate surface area is 144 Å². The van der Waals surface area contributed by atoms with Gasteiger partial charge in [0.15, 0.2) is 0 Å². The van der Waals surface area contributed by atoms with Gasteiger partial charge in [0.2, 0.25) is 11.8 Å². The largest absolute Gasteiger partial charge is 0.324 e. The summed E-state index contributed by atoms with van der Waals surface area (Å²) >= 11 is 3.38. The van der Waals surface area contributed by atoms with Crippen LogP contribution >= 0.6 is 15.9 Å². The van der Waals surface area contributed by atoms with Crippen LogP contribution in [-0.4, -0.2) is 18.4 Å². The summed E-state index contributed by atoms with van der Waals surface area (Å²) in [6, 6.07) is 13.2. The van der Waals surface area contributed by atoms with Crippen molar-refractivity contribution in [2.75, 3.05) is 16.8 Å². The molecule has 0 unspecified atom stereocenters. The van der Waals surface area contributed by atoms with Gasteiger partial charge in [-0.3, -0.25) is 9.59 Å².